The van der Waals surface area contributed by atoms with Crippen molar-refractivity contribution >= 4 is 50.0 Å². The first kappa shape index (κ1) is 17.0. The second-order valence-electron chi connectivity index (χ2n) is 9.75. The Balaban J connectivity index is 1.59. The average molecular weight is 407 g/mol. The standard InChI is InChI=1S/C32H22/c1-17-9-11-23-27-15-16-28-24-12-10-18(2)20-6-4-8-22(30(20)24)26-14-13-25(31(27)32(26)28)21-7-3-5-19(17)29(21)23/h3-16,25,31H,1-2H3. The van der Waals surface area contributed by atoms with E-state index >= 15 is 0 Å². The molecule has 0 N–H and O–H groups in total. The summed E-state index contributed by atoms with van der Waals surface area (Å²) in [5.41, 5.74) is 10.1. The van der Waals surface area contributed by atoms with Gasteiger partial charge in [0.25, 0.3) is 0 Å². The molecule has 0 aliphatic heterocycles. The van der Waals surface area contributed by atoms with E-state index in [0.29, 0.717) is 11.8 Å². The minimum absolute atomic E-state index is 0.389. The van der Waals surface area contributed by atoms with E-state index in [4.69, 9.17) is 0 Å². The van der Waals surface area contributed by atoms with Crippen molar-refractivity contribution in [3.05, 3.63) is 111 Å². The number of benzene rings is 5. The first-order valence-electron chi connectivity index (χ1n) is 11.6. The Bertz CT molecular complexity index is 1790. The highest BCUT2D eigenvalue weighted by Crippen LogP contribution is 2.55. The summed E-state index contributed by atoms with van der Waals surface area (Å²) in [4.78, 5) is 0. The Hall–Kier alpha value is -3.64. The average Bonchev–Trinajstić information content (AvgIpc) is 2.83. The van der Waals surface area contributed by atoms with Gasteiger partial charge in [0.15, 0.2) is 0 Å². The zero-order valence-corrected chi connectivity index (χ0v) is 18.2. The molecule has 2 unspecified atom stereocenters. The summed E-state index contributed by atoms with van der Waals surface area (Å²) in [6.07, 6.45) is 9.73. The van der Waals surface area contributed by atoms with E-state index < -0.39 is 0 Å². The van der Waals surface area contributed by atoms with Crippen LogP contribution < -0.4 is 5.22 Å². The van der Waals surface area contributed by atoms with Gasteiger partial charge >= 0.3 is 0 Å². The molecular weight excluding hydrogens is 384 g/mol. The van der Waals surface area contributed by atoms with Gasteiger partial charge in [0, 0.05) is 11.8 Å². The summed E-state index contributed by atoms with van der Waals surface area (Å²) in [6.45, 7) is 4.47. The van der Waals surface area contributed by atoms with Crippen molar-refractivity contribution in [3.8, 4) is 0 Å². The van der Waals surface area contributed by atoms with Crippen molar-refractivity contribution in [3.63, 3.8) is 0 Å². The smallest absolute Gasteiger partial charge is 0.0212 e. The first-order valence-corrected chi connectivity index (χ1v) is 11.6. The van der Waals surface area contributed by atoms with Crippen LogP contribution in [0.3, 0.4) is 0 Å². The molecule has 0 spiro atoms. The predicted octanol–water partition coefficient (Wildman–Crippen LogP) is 7.57. The van der Waals surface area contributed by atoms with E-state index in [1.165, 1.54) is 76.5 Å². The van der Waals surface area contributed by atoms with Gasteiger partial charge in [0.1, 0.15) is 0 Å². The fourth-order valence-corrected chi connectivity index (χ4v) is 6.89. The van der Waals surface area contributed by atoms with Gasteiger partial charge in [-0.1, -0.05) is 85.0 Å². The molecule has 8 rings (SSSR count). The molecule has 5 aromatic carbocycles. The van der Waals surface area contributed by atoms with Gasteiger partial charge in [-0.05, 0) is 90.3 Å². The zero-order chi connectivity index (χ0) is 21.1. The van der Waals surface area contributed by atoms with E-state index in [0.717, 1.165) is 0 Å². The van der Waals surface area contributed by atoms with Crippen molar-refractivity contribution in [2.24, 2.45) is 0 Å². The molecule has 0 aromatic heterocycles. The predicted molar refractivity (Wildman–Crippen MR) is 137 cm³/mol. The van der Waals surface area contributed by atoms with Crippen LogP contribution in [0.15, 0.2) is 72.8 Å². The molecule has 0 fully saturated rings. The van der Waals surface area contributed by atoms with E-state index in [-0.39, 0.29) is 0 Å². The van der Waals surface area contributed by atoms with Gasteiger partial charge in [0.2, 0.25) is 0 Å². The van der Waals surface area contributed by atoms with Gasteiger partial charge in [0.05, 0.1) is 0 Å². The third-order valence-electron chi connectivity index (χ3n) is 8.29. The lowest BCUT2D eigenvalue weighted by atomic mass is 9.63. The lowest BCUT2D eigenvalue weighted by molar-refractivity contribution is 0.738. The molecular formula is C32H22. The molecule has 2 atom stereocenters. The molecule has 3 aliphatic carbocycles. The molecule has 0 amide bonds. The van der Waals surface area contributed by atoms with Gasteiger partial charge in [-0.2, -0.15) is 0 Å². The molecule has 5 aromatic rings. The summed E-state index contributed by atoms with van der Waals surface area (Å²) in [5, 5.41) is 9.89. The Labute approximate surface area is 187 Å². The summed E-state index contributed by atoms with van der Waals surface area (Å²) in [7, 11) is 0. The van der Waals surface area contributed by atoms with Gasteiger partial charge in [-0.15, -0.1) is 0 Å². The Morgan fingerprint density at radius 3 is 2.28 bits per heavy atom. The van der Waals surface area contributed by atoms with Gasteiger partial charge < -0.3 is 0 Å². The largest absolute Gasteiger partial charge is 0.0754 e. The van der Waals surface area contributed by atoms with Gasteiger partial charge in [-0.25, -0.2) is 0 Å². The molecule has 150 valence electrons. The number of aryl methyl sites for hydroxylation is 2. The fraction of sp³-hybridized carbons (Fsp3) is 0.125. The maximum absolute atomic E-state index is 2.49. The van der Waals surface area contributed by atoms with Crippen molar-refractivity contribution in [1.29, 1.82) is 0 Å². The maximum Gasteiger partial charge on any atom is 0.0212 e. The number of fused-ring (bicyclic) bond motifs is 4. The number of hydrogen-bond acceptors (Lipinski definition) is 0. The van der Waals surface area contributed by atoms with Crippen LogP contribution in [0.4, 0.5) is 0 Å². The van der Waals surface area contributed by atoms with Crippen LogP contribution in [0, 0.1) is 13.8 Å². The molecule has 0 heterocycles. The highest BCUT2D eigenvalue weighted by Gasteiger charge is 2.39. The van der Waals surface area contributed by atoms with Crippen LogP contribution in [0.5, 0.6) is 0 Å². The van der Waals surface area contributed by atoms with Crippen LogP contribution in [0.25, 0.3) is 50.0 Å². The summed E-state index contributed by atoms with van der Waals surface area (Å²) in [6, 6.07) is 23.1. The summed E-state index contributed by atoms with van der Waals surface area (Å²) < 4.78 is 0. The second kappa shape index (κ2) is 5.58. The lowest BCUT2D eigenvalue weighted by Crippen LogP contribution is -2.29. The van der Waals surface area contributed by atoms with E-state index in [2.05, 4.69) is 98.8 Å². The molecule has 0 saturated carbocycles. The van der Waals surface area contributed by atoms with Crippen LogP contribution in [-0.2, 0) is 0 Å². The molecule has 0 nitrogen and oxygen atoms in total. The van der Waals surface area contributed by atoms with Crippen LogP contribution in [0.2, 0.25) is 0 Å². The van der Waals surface area contributed by atoms with E-state index in [9.17, 15) is 0 Å². The summed E-state index contributed by atoms with van der Waals surface area (Å²) in [5.74, 6) is 0.786. The van der Waals surface area contributed by atoms with Crippen LogP contribution in [-0.4, -0.2) is 0 Å². The maximum atomic E-state index is 2.49. The Morgan fingerprint density at radius 1 is 0.656 bits per heavy atom. The second-order valence-corrected chi connectivity index (χ2v) is 9.75. The van der Waals surface area contributed by atoms with Crippen molar-refractivity contribution in [1.82, 2.24) is 0 Å². The van der Waals surface area contributed by atoms with Crippen LogP contribution in [0.1, 0.15) is 45.2 Å². The van der Waals surface area contributed by atoms with Crippen molar-refractivity contribution < 1.29 is 0 Å². The minimum Gasteiger partial charge on any atom is -0.0754 e. The number of allylic oxidation sites excluding steroid dienone is 3. The lowest BCUT2D eigenvalue weighted by Gasteiger charge is -2.40. The molecule has 0 saturated heterocycles. The minimum atomic E-state index is 0.389. The fourth-order valence-electron chi connectivity index (χ4n) is 6.89. The quantitative estimate of drug-likeness (QED) is 0.249. The van der Waals surface area contributed by atoms with Crippen molar-refractivity contribution in [2.75, 3.05) is 0 Å². The molecule has 0 radical (unpaired) electrons. The topological polar surface area (TPSA) is 0 Å². The van der Waals surface area contributed by atoms with Crippen LogP contribution >= 0.6 is 0 Å². The molecule has 0 heteroatoms. The first-order chi connectivity index (χ1) is 15.7. The molecule has 0 bridgehead atoms. The number of rotatable bonds is 0. The van der Waals surface area contributed by atoms with Crippen molar-refractivity contribution in [2.45, 2.75) is 25.7 Å². The third-order valence-corrected chi connectivity index (χ3v) is 8.29. The Morgan fingerprint density at radius 2 is 1.41 bits per heavy atom. The molecule has 3 aliphatic rings. The Kier molecular flexibility index (Phi) is 2.96. The zero-order valence-electron chi connectivity index (χ0n) is 18.2. The third kappa shape index (κ3) is 1.83. The summed E-state index contributed by atoms with van der Waals surface area (Å²) >= 11 is 0. The van der Waals surface area contributed by atoms with E-state index in [1.807, 2.05) is 0 Å². The highest BCUT2D eigenvalue weighted by molar-refractivity contribution is 6.16. The monoisotopic (exact) mass is 406 g/mol. The van der Waals surface area contributed by atoms with E-state index in [1.54, 1.807) is 0 Å². The normalized spacial score (nSPS) is 19.9. The SMILES string of the molecule is Cc1ccc2c3c(cccc13)C1C=Cc3c4c(c5ccc(C)c6cccc3c65)=CC=C2C41. The molecule has 32 heavy (non-hydrogen) atoms. The highest BCUT2D eigenvalue weighted by atomic mass is 14.4. The number of hydrogen-bond donors (Lipinski definition) is 0. The van der Waals surface area contributed by atoms with Gasteiger partial charge in [-0.3, -0.25) is 0 Å².